The van der Waals surface area contributed by atoms with Crippen molar-refractivity contribution in [2.75, 3.05) is 26.2 Å². The number of esters is 1. The summed E-state index contributed by atoms with van der Waals surface area (Å²) in [5, 5.41) is 0.244. The van der Waals surface area contributed by atoms with Crippen molar-refractivity contribution in [3.63, 3.8) is 0 Å². The summed E-state index contributed by atoms with van der Waals surface area (Å²) in [5.74, 6) is 0.00206. The van der Waals surface area contributed by atoms with Crippen molar-refractivity contribution in [3.8, 4) is 0 Å². The predicted octanol–water partition coefficient (Wildman–Crippen LogP) is 6.94. The zero-order valence-corrected chi connectivity index (χ0v) is 22.1. The molecule has 0 aromatic rings. The van der Waals surface area contributed by atoms with Gasteiger partial charge in [-0.1, -0.05) is 47.0 Å². The summed E-state index contributed by atoms with van der Waals surface area (Å²) in [6.45, 7) is 18.1. The second-order valence-corrected chi connectivity index (χ2v) is 15.5. The molecule has 0 spiro atoms. The third kappa shape index (κ3) is 11.9. The van der Waals surface area contributed by atoms with Gasteiger partial charge in [0.15, 0.2) is 8.32 Å². The number of likely N-dealkylation sites (tertiary alicyclic amines) is 1. The molecule has 1 fully saturated rings. The molecular weight excluding hydrogens is 390 g/mol. The maximum Gasteiger partial charge on any atom is 0.306 e. The van der Waals surface area contributed by atoms with Crippen LogP contribution in [0.15, 0.2) is 0 Å². The van der Waals surface area contributed by atoms with Crippen LogP contribution in [0.4, 0.5) is 0 Å². The van der Waals surface area contributed by atoms with E-state index >= 15 is 0 Å². The van der Waals surface area contributed by atoms with E-state index in [4.69, 9.17) is 9.16 Å². The first kappa shape index (κ1) is 27.6. The summed E-state index contributed by atoms with van der Waals surface area (Å²) in [7, 11) is -1.69. The van der Waals surface area contributed by atoms with Crippen molar-refractivity contribution in [1.82, 2.24) is 4.90 Å². The number of hydrogen-bond donors (Lipinski definition) is 0. The average Bonchev–Trinajstić information content (AvgIpc) is 3.18. The summed E-state index contributed by atoms with van der Waals surface area (Å²) < 4.78 is 12.2. The van der Waals surface area contributed by atoms with Gasteiger partial charge in [0.25, 0.3) is 0 Å². The van der Waals surface area contributed by atoms with Crippen LogP contribution in [-0.4, -0.2) is 51.5 Å². The van der Waals surface area contributed by atoms with Crippen LogP contribution in [0.2, 0.25) is 18.1 Å². The molecule has 1 heterocycles. The summed E-state index contributed by atoms with van der Waals surface area (Å²) >= 11 is 0. The van der Waals surface area contributed by atoms with Gasteiger partial charge in [0.1, 0.15) is 6.10 Å². The third-order valence-electron chi connectivity index (χ3n) is 6.92. The lowest BCUT2D eigenvalue weighted by molar-refractivity contribution is -0.150. The Morgan fingerprint density at radius 2 is 1.63 bits per heavy atom. The van der Waals surface area contributed by atoms with E-state index < -0.39 is 8.32 Å². The van der Waals surface area contributed by atoms with Crippen molar-refractivity contribution in [2.24, 2.45) is 0 Å². The lowest BCUT2D eigenvalue weighted by atomic mass is 10.1. The fourth-order valence-electron chi connectivity index (χ4n) is 3.77. The molecule has 1 unspecified atom stereocenters. The average molecular weight is 442 g/mol. The molecule has 0 aromatic heterocycles. The van der Waals surface area contributed by atoms with E-state index in [1.54, 1.807) is 0 Å². The molecule has 30 heavy (non-hydrogen) atoms. The summed E-state index contributed by atoms with van der Waals surface area (Å²) in [6.07, 6.45) is 13.2. The van der Waals surface area contributed by atoms with Crippen LogP contribution in [0.1, 0.15) is 105 Å². The van der Waals surface area contributed by atoms with Gasteiger partial charge in [-0.05, 0) is 89.1 Å². The molecule has 0 aliphatic carbocycles. The van der Waals surface area contributed by atoms with E-state index in [0.717, 1.165) is 51.7 Å². The lowest BCUT2D eigenvalue weighted by Gasteiger charge is -2.36. The van der Waals surface area contributed by atoms with Crippen LogP contribution in [0.5, 0.6) is 0 Å². The van der Waals surface area contributed by atoms with Gasteiger partial charge >= 0.3 is 5.97 Å². The lowest BCUT2D eigenvalue weighted by Crippen LogP contribution is -2.41. The highest BCUT2D eigenvalue weighted by Crippen LogP contribution is 2.36. The molecule has 1 rings (SSSR count). The Labute approximate surface area is 188 Å². The first-order valence-electron chi connectivity index (χ1n) is 12.7. The van der Waals surface area contributed by atoms with E-state index in [1.165, 1.54) is 45.2 Å². The van der Waals surface area contributed by atoms with Crippen LogP contribution < -0.4 is 0 Å². The van der Waals surface area contributed by atoms with Gasteiger partial charge in [-0.3, -0.25) is 4.79 Å². The minimum absolute atomic E-state index is 0.00206. The van der Waals surface area contributed by atoms with E-state index in [-0.39, 0.29) is 17.1 Å². The summed E-state index contributed by atoms with van der Waals surface area (Å²) in [6, 6.07) is 0. The smallest absolute Gasteiger partial charge is 0.306 e. The van der Waals surface area contributed by atoms with Crippen molar-refractivity contribution < 1.29 is 14.0 Å². The molecule has 0 amide bonds. The van der Waals surface area contributed by atoms with Gasteiger partial charge in [-0.2, -0.15) is 0 Å². The standard InChI is InChI=1S/C25H51NO3Si/c1-7-8-9-10-16-23(17-15-22-28-30(5,6)25(2,3)4)29-24(27)18-11-12-19-26-20-13-14-21-26/h23H,7-22H2,1-6H3. The maximum absolute atomic E-state index is 12.4. The van der Waals surface area contributed by atoms with Gasteiger partial charge in [-0.25, -0.2) is 0 Å². The van der Waals surface area contributed by atoms with E-state index in [2.05, 4.69) is 45.7 Å². The normalized spacial score (nSPS) is 16.7. The minimum Gasteiger partial charge on any atom is -0.462 e. The highest BCUT2D eigenvalue weighted by atomic mass is 28.4. The van der Waals surface area contributed by atoms with E-state index in [0.29, 0.717) is 6.42 Å². The van der Waals surface area contributed by atoms with E-state index in [9.17, 15) is 4.79 Å². The van der Waals surface area contributed by atoms with Gasteiger partial charge in [-0.15, -0.1) is 0 Å². The molecule has 0 bridgehead atoms. The molecule has 5 heteroatoms. The number of carbonyl (C=O) groups excluding carboxylic acids is 1. The van der Waals surface area contributed by atoms with Crippen LogP contribution in [-0.2, 0) is 14.0 Å². The third-order valence-corrected chi connectivity index (χ3v) is 11.5. The molecule has 1 aliphatic rings. The van der Waals surface area contributed by atoms with Crippen LogP contribution in [0.3, 0.4) is 0 Å². The molecule has 1 aliphatic heterocycles. The fraction of sp³-hybridized carbons (Fsp3) is 0.960. The van der Waals surface area contributed by atoms with Crippen molar-refractivity contribution in [1.29, 1.82) is 0 Å². The SMILES string of the molecule is CCCCCCC(CCCO[Si](C)(C)C(C)(C)C)OC(=O)CCCCN1CCCC1. The Balaban J connectivity index is 2.31. The van der Waals surface area contributed by atoms with Crippen LogP contribution in [0, 0.1) is 0 Å². The van der Waals surface area contributed by atoms with Crippen LogP contribution in [0.25, 0.3) is 0 Å². The molecule has 178 valence electrons. The van der Waals surface area contributed by atoms with E-state index in [1.807, 2.05) is 0 Å². The molecule has 0 radical (unpaired) electrons. The largest absolute Gasteiger partial charge is 0.462 e. The molecular formula is C25H51NO3Si. The monoisotopic (exact) mass is 441 g/mol. The molecule has 1 saturated heterocycles. The Morgan fingerprint density at radius 1 is 0.967 bits per heavy atom. The molecule has 0 N–H and O–H groups in total. The number of ether oxygens (including phenoxy) is 1. The summed E-state index contributed by atoms with van der Waals surface area (Å²) in [4.78, 5) is 14.9. The number of hydrogen-bond acceptors (Lipinski definition) is 4. The Hall–Kier alpha value is -0.393. The van der Waals surface area contributed by atoms with Crippen molar-refractivity contribution in [2.45, 2.75) is 129 Å². The number of carbonyl (C=O) groups is 1. The van der Waals surface area contributed by atoms with Crippen molar-refractivity contribution in [3.05, 3.63) is 0 Å². The van der Waals surface area contributed by atoms with Crippen molar-refractivity contribution >= 4 is 14.3 Å². The Morgan fingerprint density at radius 3 is 2.27 bits per heavy atom. The fourth-order valence-corrected chi connectivity index (χ4v) is 4.86. The number of rotatable bonds is 16. The highest BCUT2D eigenvalue weighted by Gasteiger charge is 2.36. The van der Waals surface area contributed by atoms with Gasteiger partial charge in [0, 0.05) is 13.0 Å². The first-order valence-corrected chi connectivity index (χ1v) is 15.6. The number of nitrogens with zero attached hydrogens (tertiary/aromatic N) is 1. The number of unbranched alkanes of at least 4 members (excludes halogenated alkanes) is 4. The topological polar surface area (TPSA) is 38.8 Å². The van der Waals surface area contributed by atoms with Gasteiger partial charge in [0.2, 0.25) is 0 Å². The molecule has 0 saturated carbocycles. The molecule has 1 atom stereocenters. The minimum atomic E-state index is -1.69. The van der Waals surface area contributed by atoms with Gasteiger partial charge in [0.05, 0.1) is 0 Å². The zero-order valence-electron chi connectivity index (χ0n) is 21.1. The van der Waals surface area contributed by atoms with Crippen LogP contribution >= 0.6 is 0 Å². The second kappa shape index (κ2) is 14.6. The zero-order chi connectivity index (χ0) is 22.5. The first-order chi connectivity index (χ1) is 14.2. The highest BCUT2D eigenvalue weighted by molar-refractivity contribution is 6.74. The Kier molecular flexibility index (Phi) is 13.5. The summed E-state index contributed by atoms with van der Waals surface area (Å²) in [5.41, 5.74) is 0. The predicted molar refractivity (Wildman–Crippen MR) is 131 cm³/mol. The van der Waals surface area contributed by atoms with Gasteiger partial charge < -0.3 is 14.1 Å². The maximum atomic E-state index is 12.4. The quantitative estimate of drug-likeness (QED) is 0.148. The second-order valence-electron chi connectivity index (χ2n) is 10.7. The Bertz CT molecular complexity index is 456. The molecule has 4 nitrogen and oxygen atoms in total. The molecule has 0 aromatic carbocycles.